The molecule has 1 aliphatic heterocycles. The van der Waals surface area contributed by atoms with E-state index in [0.29, 0.717) is 35.2 Å². The lowest BCUT2D eigenvalue weighted by atomic mass is 9.95. The van der Waals surface area contributed by atoms with Crippen LogP contribution in [0.25, 0.3) is 10.9 Å². The second kappa shape index (κ2) is 4.52. The zero-order valence-electron chi connectivity index (χ0n) is 11.4. The van der Waals surface area contributed by atoms with Crippen LogP contribution in [-0.4, -0.2) is 34.6 Å². The number of benzene rings is 1. The van der Waals surface area contributed by atoms with Crippen LogP contribution in [0.3, 0.4) is 0 Å². The lowest BCUT2D eigenvalue weighted by molar-refractivity contribution is 0.0696. The molecule has 104 valence electrons. The van der Waals surface area contributed by atoms with E-state index in [1.807, 2.05) is 7.05 Å². The molecule has 1 aromatic carbocycles. The number of hydrogen-bond acceptors (Lipinski definition) is 3. The Morgan fingerprint density at radius 3 is 2.90 bits per heavy atom. The number of hydrogen-bond donors (Lipinski definition) is 1. The smallest absolute Gasteiger partial charge is 0.336 e. The van der Waals surface area contributed by atoms with Crippen LogP contribution in [0.5, 0.6) is 0 Å². The number of carboxylic acid groups (broad SMARTS) is 1. The highest BCUT2D eigenvalue weighted by Crippen LogP contribution is 2.29. The zero-order chi connectivity index (χ0) is 14.4. The van der Waals surface area contributed by atoms with Crippen molar-refractivity contribution in [1.29, 1.82) is 0 Å². The summed E-state index contributed by atoms with van der Waals surface area (Å²) >= 11 is 0. The molecule has 1 N–H and O–H groups in total. The number of pyridine rings is 1. The van der Waals surface area contributed by atoms with Gasteiger partial charge in [-0.2, -0.15) is 0 Å². The lowest BCUT2D eigenvalue weighted by Gasteiger charge is -2.26. The van der Waals surface area contributed by atoms with Crippen LogP contribution >= 0.6 is 0 Å². The third kappa shape index (κ3) is 1.94. The molecule has 0 bridgehead atoms. The second-order valence-electron chi connectivity index (χ2n) is 5.35. The predicted octanol–water partition coefficient (Wildman–Crippen LogP) is 2.37. The Bertz CT molecular complexity index is 728. The molecule has 0 aliphatic carbocycles. The van der Waals surface area contributed by atoms with Gasteiger partial charge < -0.3 is 10.0 Å². The van der Waals surface area contributed by atoms with Crippen molar-refractivity contribution >= 4 is 16.9 Å². The molecule has 2 aromatic rings. The maximum atomic E-state index is 14.1. The second-order valence-corrected chi connectivity index (χ2v) is 5.35. The van der Waals surface area contributed by atoms with Crippen LogP contribution in [-0.2, 0) is 13.0 Å². The number of likely N-dealkylation sites (N-methyl/N-ethyl adjacent to an activating group) is 1. The lowest BCUT2D eigenvalue weighted by Crippen LogP contribution is -2.29. The van der Waals surface area contributed by atoms with E-state index in [2.05, 4.69) is 9.88 Å². The molecule has 3 rings (SSSR count). The summed E-state index contributed by atoms with van der Waals surface area (Å²) in [6, 6.07) is 3.09. The summed E-state index contributed by atoms with van der Waals surface area (Å²) in [5.74, 6) is -1.47. The number of rotatable bonds is 1. The fourth-order valence-corrected chi connectivity index (χ4v) is 2.82. The first-order chi connectivity index (χ1) is 9.47. The Morgan fingerprint density at radius 2 is 2.20 bits per heavy atom. The van der Waals surface area contributed by atoms with Crippen molar-refractivity contribution in [3.8, 4) is 0 Å². The molecule has 4 nitrogen and oxygen atoms in total. The van der Waals surface area contributed by atoms with Gasteiger partial charge in [0.15, 0.2) is 0 Å². The Kier molecular flexibility index (Phi) is 2.94. The van der Waals surface area contributed by atoms with E-state index >= 15 is 0 Å². The quantitative estimate of drug-likeness (QED) is 0.867. The largest absolute Gasteiger partial charge is 0.478 e. The SMILES string of the molecule is Cc1cc(F)c2nc3c(c(C(=O)O)c2c1)CN(C)CC3. The van der Waals surface area contributed by atoms with Gasteiger partial charge in [-0.05, 0) is 31.7 Å². The minimum absolute atomic E-state index is 0.163. The van der Waals surface area contributed by atoms with E-state index in [0.717, 1.165) is 6.54 Å². The summed E-state index contributed by atoms with van der Waals surface area (Å²) in [6.45, 7) is 3.09. The fraction of sp³-hybridized carbons (Fsp3) is 0.333. The first kappa shape index (κ1) is 13.0. The van der Waals surface area contributed by atoms with Crippen LogP contribution in [0, 0.1) is 12.7 Å². The topological polar surface area (TPSA) is 53.4 Å². The predicted molar refractivity (Wildman–Crippen MR) is 73.4 cm³/mol. The van der Waals surface area contributed by atoms with Crippen molar-refractivity contribution in [2.24, 2.45) is 0 Å². The molecule has 1 aromatic heterocycles. The van der Waals surface area contributed by atoms with Crippen LogP contribution < -0.4 is 0 Å². The van der Waals surface area contributed by atoms with Gasteiger partial charge in [0.05, 0.1) is 5.56 Å². The molecule has 20 heavy (non-hydrogen) atoms. The number of fused-ring (bicyclic) bond motifs is 2. The number of carbonyl (C=O) groups is 1. The molecular formula is C15H15FN2O2. The van der Waals surface area contributed by atoms with E-state index in [1.54, 1.807) is 13.0 Å². The first-order valence-corrected chi connectivity index (χ1v) is 6.51. The molecule has 0 saturated carbocycles. The number of nitrogens with zero attached hydrogens (tertiary/aromatic N) is 2. The first-order valence-electron chi connectivity index (χ1n) is 6.51. The van der Waals surface area contributed by atoms with Crippen LogP contribution in [0.1, 0.15) is 27.2 Å². The molecule has 2 heterocycles. The summed E-state index contributed by atoms with van der Waals surface area (Å²) in [5, 5.41) is 9.93. The molecule has 0 fully saturated rings. The number of halogens is 1. The third-order valence-electron chi connectivity index (χ3n) is 3.75. The van der Waals surface area contributed by atoms with Crippen molar-refractivity contribution in [2.75, 3.05) is 13.6 Å². The Hall–Kier alpha value is -2.01. The monoisotopic (exact) mass is 274 g/mol. The van der Waals surface area contributed by atoms with E-state index in [4.69, 9.17) is 0 Å². The van der Waals surface area contributed by atoms with Crippen molar-refractivity contribution < 1.29 is 14.3 Å². The minimum atomic E-state index is -1.02. The summed E-state index contributed by atoms with van der Waals surface area (Å²) in [4.78, 5) is 18.1. The van der Waals surface area contributed by atoms with E-state index in [9.17, 15) is 14.3 Å². The normalized spacial score (nSPS) is 15.3. The Balaban J connectivity index is 2.42. The molecule has 1 aliphatic rings. The maximum Gasteiger partial charge on any atom is 0.336 e. The Morgan fingerprint density at radius 1 is 1.45 bits per heavy atom. The van der Waals surface area contributed by atoms with Gasteiger partial charge in [-0.3, -0.25) is 0 Å². The maximum absolute atomic E-state index is 14.1. The molecule has 0 spiro atoms. The number of aryl methyl sites for hydroxylation is 1. The highest BCUT2D eigenvalue weighted by molar-refractivity contribution is 6.04. The highest BCUT2D eigenvalue weighted by Gasteiger charge is 2.25. The molecule has 0 atom stereocenters. The summed E-state index contributed by atoms with van der Waals surface area (Å²) in [7, 11) is 1.94. The van der Waals surface area contributed by atoms with Crippen LogP contribution in [0.15, 0.2) is 12.1 Å². The van der Waals surface area contributed by atoms with Crippen LogP contribution in [0.2, 0.25) is 0 Å². The van der Waals surface area contributed by atoms with Crippen LogP contribution in [0.4, 0.5) is 4.39 Å². The van der Waals surface area contributed by atoms with Gasteiger partial charge in [-0.25, -0.2) is 14.2 Å². The van der Waals surface area contributed by atoms with Crippen molar-refractivity contribution in [2.45, 2.75) is 19.9 Å². The average Bonchev–Trinajstić information content (AvgIpc) is 2.36. The minimum Gasteiger partial charge on any atom is -0.478 e. The highest BCUT2D eigenvalue weighted by atomic mass is 19.1. The number of aromatic nitrogens is 1. The summed E-state index contributed by atoms with van der Waals surface area (Å²) in [6.07, 6.45) is 0.648. The molecule has 0 radical (unpaired) electrons. The van der Waals surface area contributed by atoms with Gasteiger partial charge in [-0.15, -0.1) is 0 Å². The van der Waals surface area contributed by atoms with Gasteiger partial charge >= 0.3 is 5.97 Å². The van der Waals surface area contributed by atoms with Gasteiger partial charge in [0.2, 0.25) is 0 Å². The fourth-order valence-electron chi connectivity index (χ4n) is 2.82. The Labute approximate surface area is 115 Å². The molecular weight excluding hydrogens is 259 g/mol. The van der Waals surface area contributed by atoms with Gasteiger partial charge in [0, 0.05) is 36.2 Å². The summed E-state index contributed by atoms with van der Waals surface area (Å²) < 4.78 is 14.1. The number of aromatic carboxylic acids is 1. The van der Waals surface area contributed by atoms with Gasteiger partial charge in [-0.1, -0.05) is 0 Å². The van der Waals surface area contributed by atoms with Gasteiger partial charge in [0.1, 0.15) is 11.3 Å². The molecule has 0 saturated heterocycles. The van der Waals surface area contributed by atoms with Crippen molar-refractivity contribution in [3.05, 3.63) is 40.3 Å². The van der Waals surface area contributed by atoms with E-state index in [-0.39, 0.29) is 11.1 Å². The number of carboxylic acids is 1. The van der Waals surface area contributed by atoms with E-state index in [1.165, 1.54) is 6.07 Å². The summed E-state index contributed by atoms with van der Waals surface area (Å²) in [5.41, 5.74) is 2.47. The molecule has 0 amide bonds. The van der Waals surface area contributed by atoms with Crippen molar-refractivity contribution in [3.63, 3.8) is 0 Å². The standard InChI is InChI=1S/C15H15FN2O2/c1-8-5-9-13(15(19)20)10-7-18(2)4-3-12(10)17-14(9)11(16)6-8/h5-6H,3-4,7H2,1-2H3,(H,19,20). The zero-order valence-corrected chi connectivity index (χ0v) is 11.4. The third-order valence-corrected chi connectivity index (χ3v) is 3.75. The average molecular weight is 274 g/mol. The molecule has 5 heteroatoms. The van der Waals surface area contributed by atoms with E-state index < -0.39 is 11.8 Å². The van der Waals surface area contributed by atoms with Crippen molar-refractivity contribution in [1.82, 2.24) is 9.88 Å². The molecule has 0 unspecified atom stereocenters. The van der Waals surface area contributed by atoms with Gasteiger partial charge in [0.25, 0.3) is 0 Å².